The van der Waals surface area contributed by atoms with Gasteiger partial charge in [0.15, 0.2) is 0 Å². The smallest absolute Gasteiger partial charge is 0 e. The quantitative estimate of drug-likeness (QED) is 0.233. The first-order valence-corrected chi connectivity index (χ1v) is 7.80. The second kappa shape index (κ2) is 7.60. The fourth-order valence-corrected chi connectivity index (χ4v) is 2.93. The Bertz CT molecular complexity index is 739. The van der Waals surface area contributed by atoms with Gasteiger partial charge in [-0.05, 0) is 10.8 Å². The Hall–Kier alpha value is -0.820. The van der Waals surface area contributed by atoms with Crippen LogP contribution in [0.3, 0.4) is 0 Å². The maximum absolute atomic E-state index is 2.38. The van der Waals surface area contributed by atoms with Crippen molar-refractivity contribution in [2.45, 2.75) is 52.4 Å². The number of hydrogen-bond donors (Lipinski definition) is 0. The molecule has 0 N–H and O–H groups in total. The number of rotatable bonds is 0. The van der Waals surface area contributed by atoms with Gasteiger partial charge >= 0.3 is 0 Å². The Kier molecular flexibility index (Phi) is 7.34. The summed E-state index contributed by atoms with van der Waals surface area (Å²) in [4.78, 5) is 0. The summed E-state index contributed by atoms with van der Waals surface area (Å²) in [5.41, 5.74) is 3.20. The number of fused-ring (bicyclic) bond motifs is 3. The van der Waals surface area contributed by atoms with Crippen molar-refractivity contribution in [1.29, 1.82) is 0 Å². The molecule has 130 valence electrons. The van der Waals surface area contributed by atoms with Gasteiger partial charge in [-0.2, -0.15) is 0 Å². The summed E-state index contributed by atoms with van der Waals surface area (Å²) in [6, 6.07) is 16.1. The fraction of sp³-hybridized carbons (Fsp3) is 0.348. The minimum atomic E-state index is 0. The van der Waals surface area contributed by atoms with E-state index in [0.717, 1.165) is 0 Å². The van der Waals surface area contributed by atoms with Gasteiger partial charge < -0.3 is 14.9 Å². The van der Waals surface area contributed by atoms with Gasteiger partial charge in [0.05, 0.1) is 0 Å². The predicted octanol–water partition coefficient (Wildman–Crippen LogP) is 7.20. The molecule has 0 aliphatic carbocycles. The van der Waals surface area contributed by atoms with E-state index in [2.05, 4.69) is 84.0 Å². The summed E-state index contributed by atoms with van der Waals surface area (Å²) in [7, 11) is 0. The van der Waals surface area contributed by atoms with E-state index in [4.69, 9.17) is 0 Å². The van der Waals surface area contributed by atoms with Crippen molar-refractivity contribution in [3.63, 3.8) is 0 Å². The SMILES string of the molecule is CC(C)(C)c1ccc2[cH-]c3ccc(C(C)(C)C)cc3c2c1.[CH3-].[CH3-].[Hf]. The third-order valence-corrected chi connectivity index (χ3v) is 4.44. The van der Waals surface area contributed by atoms with Gasteiger partial charge in [-0.25, -0.2) is 0 Å². The van der Waals surface area contributed by atoms with Gasteiger partial charge in [-0.15, -0.1) is 39.7 Å². The van der Waals surface area contributed by atoms with Crippen LogP contribution >= 0.6 is 0 Å². The first-order valence-electron chi connectivity index (χ1n) is 7.80. The molecule has 0 amide bonds. The van der Waals surface area contributed by atoms with Crippen LogP contribution in [0.15, 0.2) is 42.5 Å². The minimum absolute atomic E-state index is 0. The standard InChI is InChI=1S/C21H25.2CH3.Hf/c1-20(2,3)16-9-7-14-11-15-8-10-17(21(4,5)6)13-19(15)18(14)12-16;;;/h7-13H,1-6H3;2*1H3;/q3*-1;. The molecular formula is C23H31Hf-3. The Morgan fingerprint density at radius 3 is 1.25 bits per heavy atom. The zero-order valence-electron chi connectivity index (χ0n) is 16.5. The molecule has 0 bridgehead atoms. The molecule has 3 rings (SSSR count). The summed E-state index contributed by atoms with van der Waals surface area (Å²) in [5, 5.41) is 5.49. The molecule has 0 aromatic heterocycles. The third-order valence-electron chi connectivity index (χ3n) is 4.44. The minimum Gasteiger partial charge on any atom is -0.358 e. The fourth-order valence-electron chi connectivity index (χ4n) is 2.93. The predicted molar refractivity (Wildman–Crippen MR) is 107 cm³/mol. The summed E-state index contributed by atoms with van der Waals surface area (Å²) >= 11 is 0. The van der Waals surface area contributed by atoms with Crippen LogP contribution in [0.1, 0.15) is 52.7 Å². The zero-order chi connectivity index (χ0) is 15.4. The Morgan fingerprint density at radius 1 is 0.625 bits per heavy atom. The maximum atomic E-state index is 2.38. The first kappa shape index (κ1) is 23.2. The second-order valence-electron chi connectivity index (χ2n) is 8.25. The molecule has 0 fully saturated rings. The molecule has 0 unspecified atom stereocenters. The van der Waals surface area contributed by atoms with E-state index in [1.807, 2.05) is 0 Å². The molecule has 0 heterocycles. The van der Waals surface area contributed by atoms with E-state index < -0.39 is 0 Å². The van der Waals surface area contributed by atoms with Crippen molar-refractivity contribution in [2.75, 3.05) is 0 Å². The third kappa shape index (κ3) is 4.23. The van der Waals surface area contributed by atoms with Crippen molar-refractivity contribution in [1.82, 2.24) is 0 Å². The molecule has 0 aliphatic heterocycles. The van der Waals surface area contributed by atoms with Crippen molar-refractivity contribution < 1.29 is 25.8 Å². The topological polar surface area (TPSA) is 0 Å². The normalized spacial score (nSPS) is 11.6. The van der Waals surface area contributed by atoms with Crippen LogP contribution in [-0.2, 0) is 36.7 Å². The van der Waals surface area contributed by atoms with E-state index in [1.165, 1.54) is 32.7 Å². The molecule has 3 aromatic carbocycles. The Balaban J connectivity index is 0.00000176. The van der Waals surface area contributed by atoms with Crippen molar-refractivity contribution in [3.8, 4) is 0 Å². The number of hydrogen-bond acceptors (Lipinski definition) is 0. The van der Waals surface area contributed by atoms with Crippen molar-refractivity contribution >= 4 is 21.5 Å². The first-order chi connectivity index (χ1) is 9.66. The number of benzene rings is 2. The molecule has 0 saturated heterocycles. The average molecular weight is 486 g/mol. The molecule has 0 aliphatic rings. The Labute approximate surface area is 167 Å². The van der Waals surface area contributed by atoms with Crippen LogP contribution < -0.4 is 0 Å². The summed E-state index contributed by atoms with van der Waals surface area (Å²) in [6.45, 7) is 13.7. The molecule has 24 heavy (non-hydrogen) atoms. The van der Waals surface area contributed by atoms with Crippen LogP contribution in [0.2, 0.25) is 0 Å². The molecule has 0 radical (unpaired) electrons. The average Bonchev–Trinajstić information content (AvgIpc) is 2.73. The molecule has 0 nitrogen and oxygen atoms in total. The molecule has 0 spiro atoms. The Morgan fingerprint density at radius 2 is 0.958 bits per heavy atom. The van der Waals surface area contributed by atoms with Crippen LogP contribution in [0, 0.1) is 14.9 Å². The largest absolute Gasteiger partial charge is 0.358 e. The van der Waals surface area contributed by atoms with Crippen molar-refractivity contribution in [2.24, 2.45) is 0 Å². The molecule has 0 saturated carbocycles. The summed E-state index contributed by atoms with van der Waals surface area (Å²) in [5.74, 6) is 0. The van der Waals surface area contributed by atoms with Crippen LogP contribution in [0.4, 0.5) is 0 Å². The maximum Gasteiger partial charge on any atom is 0 e. The summed E-state index contributed by atoms with van der Waals surface area (Å²) in [6.07, 6.45) is 0. The van der Waals surface area contributed by atoms with Gasteiger partial charge in [-0.1, -0.05) is 76.9 Å². The monoisotopic (exact) mass is 487 g/mol. The zero-order valence-corrected chi connectivity index (χ0v) is 20.1. The van der Waals surface area contributed by atoms with E-state index in [-0.39, 0.29) is 51.5 Å². The van der Waals surface area contributed by atoms with Crippen LogP contribution in [0.5, 0.6) is 0 Å². The van der Waals surface area contributed by atoms with E-state index in [1.54, 1.807) is 0 Å². The van der Waals surface area contributed by atoms with Crippen LogP contribution in [-0.4, -0.2) is 0 Å². The van der Waals surface area contributed by atoms with Crippen LogP contribution in [0.25, 0.3) is 21.5 Å². The van der Waals surface area contributed by atoms with Gasteiger partial charge in [0.1, 0.15) is 0 Å². The van der Waals surface area contributed by atoms with E-state index in [0.29, 0.717) is 0 Å². The molecule has 1 heteroatoms. The molecule has 0 atom stereocenters. The van der Waals surface area contributed by atoms with Gasteiger partial charge in [0.25, 0.3) is 0 Å². The van der Waals surface area contributed by atoms with E-state index >= 15 is 0 Å². The molecule has 3 aromatic rings. The van der Waals surface area contributed by atoms with E-state index in [9.17, 15) is 0 Å². The van der Waals surface area contributed by atoms with Gasteiger partial charge in [-0.3, -0.25) is 0 Å². The summed E-state index contributed by atoms with van der Waals surface area (Å²) < 4.78 is 0. The van der Waals surface area contributed by atoms with Crippen molar-refractivity contribution in [3.05, 3.63) is 68.4 Å². The molecular weight excluding hydrogens is 455 g/mol. The van der Waals surface area contributed by atoms with Gasteiger partial charge in [0, 0.05) is 25.8 Å². The van der Waals surface area contributed by atoms with Gasteiger partial charge in [0.2, 0.25) is 0 Å². The second-order valence-corrected chi connectivity index (χ2v) is 8.25.